The minimum atomic E-state index is -0.556. The molecule has 1 aliphatic heterocycles. The van der Waals surface area contributed by atoms with Crippen LogP contribution in [-0.2, 0) is 4.74 Å². The quantitative estimate of drug-likeness (QED) is 0.488. The summed E-state index contributed by atoms with van der Waals surface area (Å²) in [5, 5.41) is 13.8. The molecule has 1 fully saturated rings. The van der Waals surface area contributed by atoms with E-state index >= 15 is 0 Å². The molecule has 1 unspecified atom stereocenters. The van der Waals surface area contributed by atoms with Crippen LogP contribution in [0.25, 0.3) is 0 Å². The lowest BCUT2D eigenvalue weighted by molar-refractivity contribution is -0.384. The van der Waals surface area contributed by atoms with Crippen LogP contribution in [0.3, 0.4) is 0 Å². The van der Waals surface area contributed by atoms with Gasteiger partial charge in [-0.05, 0) is 23.8 Å². The van der Waals surface area contributed by atoms with Gasteiger partial charge in [0.1, 0.15) is 0 Å². The summed E-state index contributed by atoms with van der Waals surface area (Å²) in [5.74, 6) is 0.815. The van der Waals surface area contributed by atoms with E-state index in [2.05, 4.69) is 10.2 Å². The van der Waals surface area contributed by atoms with E-state index in [0.29, 0.717) is 44.3 Å². The van der Waals surface area contributed by atoms with E-state index in [4.69, 9.17) is 25.8 Å². The van der Waals surface area contributed by atoms with Crippen LogP contribution >= 0.6 is 11.6 Å². The number of halogens is 1. The molecule has 0 radical (unpaired) electrons. The van der Waals surface area contributed by atoms with Crippen LogP contribution in [0, 0.1) is 10.1 Å². The lowest BCUT2D eigenvalue weighted by Gasteiger charge is -2.35. The summed E-state index contributed by atoms with van der Waals surface area (Å²) in [7, 11) is 3.15. The zero-order chi connectivity index (χ0) is 22.4. The molecule has 0 aromatic heterocycles. The molecule has 1 N–H and O–H groups in total. The number of methoxy groups -OCH3 is 2. The van der Waals surface area contributed by atoms with Gasteiger partial charge in [-0.2, -0.15) is 0 Å². The minimum Gasteiger partial charge on any atom is -0.493 e. The smallest absolute Gasteiger partial charge is 0.270 e. The van der Waals surface area contributed by atoms with Gasteiger partial charge >= 0.3 is 0 Å². The number of ether oxygens (including phenoxy) is 3. The van der Waals surface area contributed by atoms with Crippen LogP contribution in [-0.4, -0.2) is 62.8 Å². The number of rotatable bonds is 8. The predicted molar refractivity (Wildman–Crippen MR) is 115 cm³/mol. The monoisotopic (exact) mass is 449 g/mol. The second kappa shape index (κ2) is 10.4. The van der Waals surface area contributed by atoms with Gasteiger partial charge in [0.05, 0.1) is 49.0 Å². The number of carbonyl (C=O) groups is 1. The van der Waals surface area contributed by atoms with Gasteiger partial charge in [0.15, 0.2) is 11.5 Å². The van der Waals surface area contributed by atoms with Crippen LogP contribution in [0.4, 0.5) is 5.69 Å². The van der Waals surface area contributed by atoms with Gasteiger partial charge in [0.25, 0.3) is 11.6 Å². The van der Waals surface area contributed by atoms with E-state index in [-0.39, 0.29) is 22.3 Å². The van der Waals surface area contributed by atoms with Crippen LogP contribution in [0.5, 0.6) is 11.5 Å². The fraction of sp³-hybridized carbons (Fsp3) is 0.381. The largest absolute Gasteiger partial charge is 0.493 e. The lowest BCUT2D eigenvalue weighted by Crippen LogP contribution is -2.43. The first-order chi connectivity index (χ1) is 14.9. The number of nitro benzene ring substituents is 1. The van der Waals surface area contributed by atoms with Crippen LogP contribution in [0.15, 0.2) is 36.4 Å². The van der Waals surface area contributed by atoms with Crippen LogP contribution in [0.1, 0.15) is 22.0 Å². The Hall–Kier alpha value is -2.88. The lowest BCUT2D eigenvalue weighted by atomic mass is 10.0. The van der Waals surface area contributed by atoms with Crippen molar-refractivity contribution in [3.8, 4) is 11.5 Å². The number of hydrogen-bond acceptors (Lipinski definition) is 7. The molecule has 31 heavy (non-hydrogen) atoms. The van der Waals surface area contributed by atoms with Gasteiger partial charge in [0.2, 0.25) is 0 Å². The molecule has 1 atom stereocenters. The maximum Gasteiger partial charge on any atom is 0.270 e. The number of benzene rings is 2. The number of morpholine rings is 1. The van der Waals surface area contributed by atoms with Gasteiger partial charge in [-0.25, -0.2) is 0 Å². The van der Waals surface area contributed by atoms with Crippen molar-refractivity contribution in [2.24, 2.45) is 0 Å². The molecule has 1 heterocycles. The molecular formula is C21H24ClN3O6. The molecule has 1 saturated heterocycles. The average Bonchev–Trinajstić information content (AvgIpc) is 2.79. The fourth-order valence-electron chi connectivity index (χ4n) is 3.49. The molecule has 166 valence electrons. The highest BCUT2D eigenvalue weighted by atomic mass is 35.5. The summed E-state index contributed by atoms with van der Waals surface area (Å²) in [5.41, 5.74) is 0.966. The molecule has 2 aromatic carbocycles. The SMILES string of the molecule is COc1ccc(C(CNC(=O)c2ccc([N+](=O)[O-])cc2Cl)N2CCOCC2)cc1OC. The third-order valence-electron chi connectivity index (χ3n) is 5.14. The number of nitrogens with zero attached hydrogens (tertiary/aromatic N) is 2. The van der Waals surface area contributed by atoms with Crippen molar-refractivity contribution in [1.29, 1.82) is 0 Å². The summed E-state index contributed by atoms with van der Waals surface area (Å²) >= 11 is 6.10. The minimum absolute atomic E-state index is 0.0285. The fourth-order valence-corrected chi connectivity index (χ4v) is 3.75. The molecule has 0 spiro atoms. The third kappa shape index (κ3) is 5.43. The van der Waals surface area contributed by atoms with Crippen LogP contribution in [0.2, 0.25) is 5.02 Å². The Labute approximate surface area is 185 Å². The van der Waals surface area contributed by atoms with Crippen molar-refractivity contribution < 1.29 is 23.9 Å². The highest BCUT2D eigenvalue weighted by Gasteiger charge is 2.25. The Kier molecular flexibility index (Phi) is 7.67. The molecule has 0 aliphatic carbocycles. The number of non-ortho nitro benzene ring substituents is 1. The molecule has 3 rings (SSSR count). The Morgan fingerprint density at radius 1 is 1.19 bits per heavy atom. The number of carbonyl (C=O) groups excluding carboxylic acids is 1. The van der Waals surface area contributed by atoms with Crippen molar-refractivity contribution >= 4 is 23.2 Å². The van der Waals surface area contributed by atoms with Gasteiger partial charge in [-0.15, -0.1) is 0 Å². The van der Waals surface area contributed by atoms with E-state index < -0.39 is 10.8 Å². The predicted octanol–water partition coefficient (Wildman–Crippen LogP) is 3.07. The van der Waals surface area contributed by atoms with Crippen molar-refractivity contribution in [2.45, 2.75) is 6.04 Å². The van der Waals surface area contributed by atoms with Crippen molar-refractivity contribution in [3.05, 3.63) is 62.7 Å². The molecule has 1 amide bonds. The van der Waals surface area contributed by atoms with Crippen LogP contribution < -0.4 is 14.8 Å². The molecule has 10 heteroatoms. The summed E-state index contributed by atoms with van der Waals surface area (Å²) in [4.78, 5) is 25.3. The molecule has 0 saturated carbocycles. The van der Waals surface area contributed by atoms with E-state index in [1.54, 1.807) is 14.2 Å². The summed E-state index contributed by atoms with van der Waals surface area (Å²) in [6, 6.07) is 9.31. The number of nitrogens with one attached hydrogen (secondary N) is 1. The number of hydrogen-bond donors (Lipinski definition) is 1. The van der Waals surface area contributed by atoms with E-state index in [1.165, 1.54) is 18.2 Å². The molecule has 0 bridgehead atoms. The van der Waals surface area contributed by atoms with Gasteiger partial charge in [-0.3, -0.25) is 19.8 Å². The Morgan fingerprint density at radius 2 is 1.90 bits per heavy atom. The third-order valence-corrected chi connectivity index (χ3v) is 5.46. The summed E-state index contributed by atoms with van der Waals surface area (Å²) < 4.78 is 16.2. The van der Waals surface area contributed by atoms with Gasteiger partial charge in [0, 0.05) is 31.8 Å². The second-order valence-electron chi connectivity index (χ2n) is 6.91. The Balaban J connectivity index is 1.81. The molecule has 2 aromatic rings. The Morgan fingerprint density at radius 3 is 2.52 bits per heavy atom. The first kappa shape index (κ1) is 22.8. The first-order valence-corrected chi connectivity index (χ1v) is 10.1. The number of nitro groups is 1. The molecule has 9 nitrogen and oxygen atoms in total. The van der Waals surface area contributed by atoms with Gasteiger partial charge in [-0.1, -0.05) is 17.7 Å². The Bertz CT molecular complexity index is 949. The number of amides is 1. The van der Waals surface area contributed by atoms with E-state index in [9.17, 15) is 14.9 Å². The summed E-state index contributed by atoms with van der Waals surface area (Å²) in [6.45, 7) is 2.94. The normalized spacial score (nSPS) is 15.2. The molecule has 1 aliphatic rings. The molecular weight excluding hydrogens is 426 g/mol. The van der Waals surface area contributed by atoms with Gasteiger partial charge < -0.3 is 19.5 Å². The standard InChI is InChI=1S/C21H24ClN3O6/c1-29-19-6-3-14(11-20(19)30-2)18(24-7-9-31-10-8-24)13-23-21(26)16-5-4-15(25(27)28)12-17(16)22/h3-6,11-12,18H,7-10,13H2,1-2H3,(H,23,26). The zero-order valence-corrected chi connectivity index (χ0v) is 18.1. The zero-order valence-electron chi connectivity index (χ0n) is 17.3. The first-order valence-electron chi connectivity index (χ1n) is 9.70. The highest BCUT2D eigenvalue weighted by molar-refractivity contribution is 6.34. The highest BCUT2D eigenvalue weighted by Crippen LogP contribution is 2.32. The average molecular weight is 450 g/mol. The van der Waals surface area contributed by atoms with Crippen molar-refractivity contribution in [2.75, 3.05) is 47.1 Å². The van der Waals surface area contributed by atoms with E-state index in [0.717, 1.165) is 5.56 Å². The van der Waals surface area contributed by atoms with Crippen molar-refractivity contribution in [3.63, 3.8) is 0 Å². The maximum atomic E-state index is 12.7. The second-order valence-corrected chi connectivity index (χ2v) is 7.32. The van der Waals surface area contributed by atoms with E-state index in [1.807, 2.05) is 18.2 Å². The topological polar surface area (TPSA) is 103 Å². The maximum absolute atomic E-state index is 12.7. The summed E-state index contributed by atoms with van der Waals surface area (Å²) in [6.07, 6.45) is 0. The van der Waals surface area contributed by atoms with Crippen molar-refractivity contribution in [1.82, 2.24) is 10.2 Å².